The Bertz CT molecular complexity index is 1060. The zero-order valence-corrected chi connectivity index (χ0v) is 17.9. The van der Waals surface area contributed by atoms with Gasteiger partial charge in [0.1, 0.15) is 22.0 Å². The summed E-state index contributed by atoms with van der Waals surface area (Å²) in [5, 5.41) is 5.29. The largest absolute Gasteiger partial charge is 0.435 e. The Kier molecular flexibility index (Phi) is 8.34. The Morgan fingerprint density at radius 3 is 2.44 bits per heavy atom. The lowest BCUT2D eigenvalue weighted by Crippen LogP contribution is -2.28. The Morgan fingerprint density at radius 2 is 1.78 bits per heavy atom. The van der Waals surface area contributed by atoms with Crippen molar-refractivity contribution in [3.05, 3.63) is 78.2 Å². The van der Waals surface area contributed by atoms with E-state index in [2.05, 4.69) is 25.3 Å². The maximum absolute atomic E-state index is 12.9. The van der Waals surface area contributed by atoms with E-state index in [1.165, 1.54) is 42.2 Å². The number of benzene rings is 1. The average Bonchev–Trinajstić information content (AvgIpc) is 2.80. The van der Waals surface area contributed by atoms with Crippen LogP contribution in [-0.2, 0) is 4.79 Å². The molecule has 2 amide bonds. The lowest BCUT2D eigenvalue weighted by atomic mass is 10.2. The number of nitrogens with zero attached hydrogens (tertiary/aromatic N) is 2. The van der Waals surface area contributed by atoms with Gasteiger partial charge in [-0.3, -0.25) is 14.6 Å². The maximum atomic E-state index is 12.9. The zero-order chi connectivity index (χ0) is 22.9. The molecule has 0 saturated carbocycles. The molecule has 2 aromatic heterocycles. The van der Waals surface area contributed by atoms with Crippen molar-refractivity contribution < 1.29 is 23.1 Å². The van der Waals surface area contributed by atoms with Crippen LogP contribution in [0.25, 0.3) is 0 Å². The summed E-state index contributed by atoms with van der Waals surface area (Å²) in [6.07, 6.45) is 4.70. The van der Waals surface area contributed by atoms with Gasteiger partial charge in [0.25, 0.3) is 5.91 Å². The van der Waals surface area contributed by atoms with Crippen molar-refractivity contribution in [2.24, 2.45) is 0 Å². The van der Waals surface area contributed by atoms with E-state index in [-0.39, 0.29) is 23.1 Å². The number of amides is 2. The Balaban J connectivity index is 1.79. The van der Waals surface area contributed by atoms with Gasteiger partial charge in [0.2, 0.25) is 5.91 Å². The number of hydrogen-bond acceptors (Lipinski definition) is 6. The Morgan fingerprint density at radius 1 is 1.06 bits per heavy atom. The molecule has 3 aromatic rings. The molecule has 2 N–H and O–H groups in total. The molecule has 1 atom stereocenters. The van der Waals surface area contributed by atoms with Gasteiger partial charge >= 0.3 is 6.61 Å². The summed E-state index contributed by atoms with van der Waals surface area (Å²) in [6, 6.07) is 12.2. The fourth-order valence-electron chi connectivity index (χ4n) is 2.59. The number of anilines is 1. The number of carbonyl (C=O) groups excluding carboxylic acids is 2. The number of carbonyl (C=O) groups is 2. The van der Waals surface area contributed by atoms with Crippen molar-refractivity contribution >= 4 is 40.9 Å². The molecule has 7 nitrogen and oxygen atoms in total. The van der Waals surface area contributed by atoms with E-state index in [1.807, 2.05) is 0 Å². The third-order valence-electron chi connectivity index (χ3n) is 4.00. The molecule has 0 radical (unpaired) electrons. The highest BCUT2D eigenvalue weighted by Gasteiger charge is 2.21. The van der Waals surface area contributed by atoms with Crippen LogP contribution in [0.5, 0.6) is 5.75 Å². The van der Waals surface area contributed by atoms with Gasteiger partial charge in [0, 0.05) is 24.3 Å². The molecule has 0 aliphatic carbocycles. The molecule has 0 spiro atoms. The van der Waals surface area contributed by atoms with Gasteiger partial charge in [-0.15, -0.1) is 11.6 Å². The van der Waals surface area contributed by atoms with Crippen molar-refractivity contribution in [1.82, 2.24) is 15.3 Å². The fraction of sp³-hybridized carbons (Fsp3) is 0.143. The first-order valence-electron chi connectivity index (χ1n) is 9.19. The number of ether oxygens (including phenoxy) is 1. The molecule has 166 valence electrons. The summed E-state index contributed by atoms with van der Waals surface area (Å²) in [5.74, 6) is -1.08. The van der Waals surface area contributed by atoms with E-state index < -0.39 is 17.9 Å². The molecule has 0 saturated heterocycles. The first kappa shape index (κ1) is 23.4. The SMILES string of the molecule is O=C(CCl)NC(Sc1ncccc1C(=O)Nc1ccc(OC(F)F)cc1)c1ccncc1. The number of halogens is 3. The summed E-state index contributed by atoms with van der Waals surface area (Å²) in [5.41, 5.74) is 1.40. The molecular formula is C21H17ClF2N4O3S. The molecule has 32 heavy (non-hydrogen) atoms. The number of nitrogens with one attached hydrogen (secondary N) is 2. The van der Waals surface area contributed by atoms with Crippen molar-refractivity contribution in [2.75, 3.05) is 11.2 Å². The summed E-state index contributed by atoms with van der Waals surface area (Å²) in [7, 11) is 0. The van der Waals surface area contributed by atoms with E-state index in [4.69, 9.17) is 11.6 Å². The summed E-state index contributed by atoms with van der Waals surface area (Å²) in [4.78, 5) is 33.0. The molecule has 3 rings (SSSR count). The van der Waals surface area contributed by atoms with Crippen LogP contribution in [0.15, 0.2) is 72.1 Å². The topological polar surface area (TPSA) is 93.2 Å². The lowest BCUT2D eigenvalue weighted by molar-refractivity contribution is -0.118. The van der Waals surface area contributed by atoms with Gasteiger partial charge in [-0.1, -0.05) is 11.8 Å². The van der Waals surface area contributed by atoms with Crippen molar-refractivity contribution in [2.45, 2.75) is 17.0 Å². The van der Waals surface area contributed by atoms with E-state index in [1.54, 1.807) is 36.7 Å². The van der Waals surface area contributed by atoms with Crippen LogP contribution in [0.1, 0.15) is 21.3 Å². The third-order valence-corrected chi connectivity index (χ3v) is 5.42. The minimum atomic E-state index is -2.93. The fourth-order valence-corrected chi connectivity index (χ4v) is 3.78. The molecule has 0 fully saturated rings. The van der Waals surface area contributed by atoms with Gasteiger partial charge in [0.05, 0.1) is 5.56 Å². The highest BCUT2D eigenvalue weighted by atomic mass is 35.5. The average molecular weight is 479 g/mol. The number of hydrogen-bond donors (Lipinski definition) is 2. The van der Waals surface area contributed by atoms with Crippen LogP contribution in [0.3, 0.4) is 0 Å². The number of pyridine rings is 2. The molecule has 2 heterocycles. The lowest BCUT2D eigenvalue weighted by Gasteiger charge is -2.19. The number of thioether (sulfide) groups is 1. The predicted octanol–water partition coefficient (Wildman–Crippen LogP) is 4.48. The first-order valence-corrected chi connectivity index (χ1v) is 10.6. The van der Waals surface area contributed by atoms with E-state index in [0.717, 1.165) is 5.56 Å². The van der Waals surface area contributed by atoms with Gasteiger partial charge in [-0.25, -0.2) is 4.98 Å². The summed E-state index contributed by atoms with van der Waals surface area (Å²) >= 11 is 6.80. The summed E-state index contributed by atoms with van der Waals surface area (Å²) < 4.78 is 28.9. The van der Waals surface area contributed by atoms with E-state index in [9.17, 15) is 18.4 Å². The summed E-state index contributed by atoms with van der Waals surface area (Å²) in [6.45, 7) is -2.93. The molecule has 1 aromatic carbocycles. The predicted molar refractivity (Wildman–Crippen MR) is 117 cm³/mol. The highest BCUT2D eigenvalue weighted by Crippen LogP contribution is 2.34. The smallest absolute Gasteiger partial charge is 0.387 e. The quantitative estimate of drug-likeness (QED) is 0.268. The molecular weight excluding hydrogens is 462 g/mol. The van der Waals surface area contributed by atoms with Crippen molar-refractivity contribution in [3.8, 4) is 5.75 Å². The number of aromatic nitrogens is 2. The van der Waals surface area contributed by atoms with E-state index in [0.29, 0.717) is 10.7 Å². The monoisotopic (exact) mass is 478 g/mol. The maximum Gasteiger partial charge on any atom is 0.387 e. The van der Waals surface area contributed by atoms with E-state index >= 15 is 0 Å². The first-order chi connectivity index (χ1) is 15.5. The van der Waals surface area contributed by atoms with Crippen molar-refractivity contribution in [1.29, 1.82) is 0 Å². The van der Waals surface area contributed by atoms with Gasteiger partial charge in [-0.05, 0) is 54.1 Å². The van der Waals surface area contributed by atoms with Crippen molar-refractivity contribution in [3.63, 3.8) is 0 Å². The third kappa shape index (κ3) is 6.63. The minimum Gasteiger partial charge on any atom is -0.435 e. The Labute approximate surface area is 191 Å². The molecule has 11 heteroatoms. The van der Waals surface area contributed by atoms with Crippen LogP contribution in [0, 0.1) is 0 Å². The van der Waals surface area contributed by atoms with Gasteiger partial charge in [0.15, 0.2) is 0 Å². The molecule has 0 bridgehead atoms. The molecule has 0 aliphatic heterocycles. The van der Waals surface area contributed by atoms with Crippen LogP contribution in [0.2, 0.25) is 0 Å². The number of rotatable bonds is 9. The van der Waals surface area contributed by atoms with Crippen LogP contribution >= 0.6 is 23.4 Å². The second kappa shape index (κ2) is 11.4. The second-order valence-corrected chi connectivity index (χ2v) is 7.55. The van der Waals surface area contributed by atoms with Crippen LogP contribution < -0.4 is 15.4 Å². The number of alkyl halides is 3. The normalized spacial score (nSPS) is 11.6. The second-order valence-electron chi connectivity index (χ2n) is 6.19. The molecule has 1 unspecified atom stereocenters. The highest BCUT2D eigenvalue weighted by molar-refractivity contribution is 7.99. The van der Waals surface area contributed by atoms with Gasteiger partial charge < -0.3 is 15.4 Å². The molecule has 0 aliphatic rings. The van der Waals surface area contributed by atoms with Crippen LogP contribution in [0.4, 0.5) is 14.5 Å². The minimum absolute atomic E-state index is 0.0224. The standard InChI is InChI=1S/C21H17ClF2N4O3S/c22-12-17(29)28-19(13-7-10-25-11-8-13)32-20-16(2-1-9-26-20)18(30)27-14-3-5-15(6-4-14)31-21(23)24/h1-11,19,21H,12H2,(H,27,30)(H,28,29). The van der Waals surface area contributed by atoms with Crippen LogP contribution in [-0.4, -0.2) is 34.3 Å². The van der Waals surface area contributed by atoms with Gasteiger partial charge in [-0.2, -0.15) is 8.78 Å². The zero-order valence-electron chi connectivity index (χ0n) is 16.4. The Hall–Kier alpha value is -3.24.